The molecule has 6 aromatic rings. The number of ketones is 1. The third-order valence-electron chi connectivity index (χ3n) is 7.02. The zero-order valence-corrected chi connectivity index (χ0v) is 21.6. The van der Waals surface area contributed by atoms with Crippen molar-refractivity contribution < 1.29 is 13.9 Å². The zero-order chi connectivity index (χ0) is 26.2. The average molecular weight is 498 g/mol. The van der Waals surface area contributed by atoms with Crippen molar-refractivity contribution in [3.63, 3.8) is 0 Å². The van der Waals surface area contributed by atoms with Gasteiger partial charge in [-0.1, -0.05) is 54.6 Å². The van der Waals surface area contributed by atoms with Crippen molar-refractivity contribution in [1.29, 1.82) is 0 Å². The summed E-state index contributed by atoms with van der Waals surface area (Å²) in [6.45, 7) is 3.40. The molecule has 0 unspecified atom stereocenters. The minimum atomic E-state index is -0.0232. The van der Waals surface area contributed by atoms with Crippen molar-refractivity contribution in [3.05, 3.63) is 121 Å². The molecule has 0 saturated heterocycles. The van der Waals surface area contributed by atoms with Crippen LogP contribution < -0.4 is 4.90 Å². The second kappa shape index (κ2) is 9.56. The minimum absolute atomic E-state index is 0.0232. The number of carbonyl (C=O) groups is 1. The van der Waals surface area contributed by atoms with Crippen LogP contribution in [0.1, 0.15) is 19.4 Å². The molecule has 186 valence electrons. The Morgan fingerprint density at radius 1 is 0.658 bits per heavy atom. The summed E-state index contributed by atoms with van der Waals surface area (Å²) in [7, 11) is 1.59. The van der Waals surface area contributed by atoms with Gasteiger partial charge in [-0.25, -0.2) is 0 Å². The van der Waals surface area contributed by atoms with E-state index in [-0.39, 0.29) is 5.78 Å². The molecule has 4 nitrogen and oxygen atoms in total. The third-order valence-corrected chi connectivity index (χ3v) is 7.02. The van der Waals surface area contributed by atoms with Gasteiger partial charge in [0, 0.05) is 33.9 Å². The van der Waals surface area contributed by atoms with E-state index in [9.17, 15) is 4.79 Å². The lowest BCUT2D eigenvalue weighted by Gasteiger charge is -2.25. The van der Waals surface area contributed by atoms with Crippen LogP contribution in [-0.2, 0) is 9.53 Å². The first kappa shape index (κ1) is 23.6. The highest BCUT2D eigenvalue weighted by molar-refractivity contribution is 6.20. The Kier molecular flexibility index (Phi) is 5.93. The number of Topliss-reactive ketones (excluding diaryl/α,β-unsaturated/α-hetero) is 1. The molecular formula is C34H27NO3. The van der Waals surface area contributed by atoms with Crippen LogP contribution in [0.3, 0.4) is 0 Å². The maximum absolute atomic E-state index is 12.4. The van der Waals surface area contributed by atoms with Crippen LogP contribution in [0.25, 0.3) is 38.3 Å². The lowest BCUT2D eigenvalue weighted by molar-refractivity contribution is -0.111. The largest absolute Gasteiger partial charge is 0.501 e. The predicted octanol–water partition coefficient (Wildman–Crippen LogP) is 9.18. The molecule has 0 saturated carbocycles. The number of benzene rings is 5. The monoisotopic (exact) mass is 497 g/mol. The van der Waals surface area contributed by atoms with E-state index in [1.165, 1.54) is 0 Å². The van der Waals surface area contributed by atoms with Gasteiger partial charge in [0.2, 0.25) is 0 Å². The van der Waals surface area contributed by atoms with Crippen LogP contribution in [0, 0.1) is 0 Å². The molecule has 0 fully saturated rings. The van der Waals surface area contributed by atoms with Gasteiger partial charge in [0.15, 0.2) is 5.78 Å². The number of nitrogens with zero attached hydrogens (tertiary/aromatic N) is 1. The Balaban J connectivity index is 1.52. The van der Waals surface area contributed by atoms with Gasteiger partial charge in [-0.2, -0.15) is 0 Å². The summed E-state index contributed by atoms with van der Waals surface area (Å²) in [5.74, 6) is 0.586. The zero-order valence-electron chi connectivity index (χ0n) is 21.6. The summed E-state index contributed by atoms with van der Waals surface area (Å²) in [4.78, 5) is 14.7. The van der Waals surface area contributed by atoms with E-state index in [0.29, 0.717) is 11.3 Å². The van der Waals surface area contributed by atoms with Gasteiger partial charge in [-0.15, -0.1) is 0 Å². The molecule has 0 aliphatic carbocycles. The first-order valence-corrected chi connectivity index (χ1v) is 12.6. The standard InChI is InChI=1S/C34H27NO3/c1-22(36)34(23(2)37-3)25-14-13-24-15-16-28(20-26(24)19-25)35(27-9-5-4-6-10-27)29-17-18-31-30-11-7-8-12-32(30)38-33(31)21-29/h4-21H,1-3H3/b34-23+. The molecule has 0 aliphatic heterocycles. The summed E-state index contributed by atoms with van der Waals surface area (Å²) < 4.78 is 11.6. The van der Waals surface area contributed by atoms with E-state index in [1.54, 1.807) is 14.0 Å². The van der Waals surface area contributed by atoms with Crippen LogP contribution >= 0.6 is 0 Å². The number of methoxy groups -OCH3 is 1. The average Bonchev–Trinajstić information content (AvgIpc) is 3.31. The van der Waals surface area contributed by atoms with E-state index in [0.717, 1.165) is 55.3 Å². The van der Waals surface area contributed by atoms with Gasteiger partial charge in [-0.05, 0) is 78.7 Å². The first-order valence-electron chi connectivity index (χ1n) is 12.6. The number of ether oxygens (including phenoxy) is 1. The Bertz CT molecular complexity index is 1850. The highest BCUT2D eigenvalue weighted by atomic mass is 16.5. The minimum Gasteiger partial charge on any atom is -0.501 e. The Morgan fingerprint density at radius 2 is 1.34 bits per heavy atom. The molecular weight excluding hydrogens is 470 g/mol. The number of hydrogen-bond donors (Lipinski definition) is 0. The fourth-order valence-electron chi connectivity index (χ4n) is 5.16. The van der Waals surface area contributed by atoms with Gasteiger partial charge in [0.05, 0.1) is 12.7 Å². The van der Waals surface area contributed by atoms with Crippen molar-refractivity contribution in [3.8, 4) is 0 Å². The van der Waals surface area contributed by atoms with Crippen molar-refractivity contribution in [1.82, 2.24) is 0 Å². The number of hydrogen-bond acceptors (Lipinski definition) is 4. The van der Waals surface area contributed by atoms with Crippen molar-refractivity contribution in [2.24, 2.45) is 0 Å². The molecule has 0 spiro atoms. The van der Waals surface area contributed by atoms with Crippen LogP contribution in [-0.4, -0.2) is 12.9 Å². The van der Waals surface area contributed by atoms with Crippen molar-refractivity contribution in [2.45, 2.75) is 13.8 Å². The van der Waals surface area contributed by atoms with Crippen LogP contribution in [0.2, 0.25) is 0 Å². The summed E-state index contributed by atoms with van der Waals surface area (Å²) in [6.07, 6.45) is 0. The Morgan fingerprint density at radius 3 is 2.13 bits per heavy atom. The van der Waals surface area contributed by atoms with Gasteiger partial charge in [0.1, 0.15) is 16.9 Å². The van der Waals surface area contributed by atoms with Gasteiger partial charge in [0.25, 0.3) is 0 Å². The van der Waals surface area contributed by atoms with E-state index >= 15 is 0 Å². The molecule has 1 heterocycles. The molecule has 4 heteroatoms. The molecule has 5 aromatic carbocycles. The van der Waals surface area contributed by atoms with E-state index in [1.807, 2.05) is 55.5 Å². The van der Waals surface area contributed by atoms with E-state index < -0.39 is 0 Å². The Labute approximate surface area is 221 Å². The summed E-state index contributed by atoms with van der Waals surface area (Å²) >= 11 is 0. The third kappa shape index (κ3) is 4.10. The maximum atomic E-state index is 12.4. The lowest BCUT2D eigenvalue weighted by Crippen LogP contribution is -2.09. The normalized spacial score (nSPS) is 12.1. The molecule has 38 heavy (non-hydrogen) atoms. The van der Waals surface area contributed by atoms with Gasteiger partial charge in [-0.3, -0.25) is 4.79 Å². The molecule has 0 atom stereocenters. The van der Waals surface area contributed by atoms with Crippen LogP contribution in [0.4, 0.5) is 17.1 Å². The van der Waals surface area contributed by atoms with E-state index in [2.05, 4.69) is 65.6 Å². The van der Waals surface area contributed by atoms with E-state index in [4.69, 9.17) is 9.15 Å². The smallest absolute Gasteiger partial charge is 0.163 e. The molecule has 0 radical (unpaired) electrons. The SMILES string of the molecule is CO/C(C)=C(\C(C)=O)c1ccc2ccc(N(c3ccccc3)c3ccc4c(c3)oc3ccccc34)cc2c1. The number of allylic oxidation sites excluding steroid dienone is 2. The fraction of sp³-hybridized carbons (Fsp3) is 0.0882. The van der Waals surface area contributed by atoms with Crippen LogP contribution in [0.5, 0.6) is 0 Å². The number of anilines is 3. The van der Waals surface area contributed by atoms with Crippen LogP contribution in [0.15, 0.2) is 119 Å². The molecule has 0 aliphatic rings. The van der Waals surface area contributed by atoms with Crippen molar-refractivity contribution in [2.75, 3.05) is 12.0 Å². The quantitative estimate of drug-likeness (QED) is 0.170. The molecule has 0 amide bonds. The summed E-state index contributed by atoms with van der Waals surface area (Å²) in [5.41, 5.74) is 6.21. The topological polar surface area (TPSA) is 42.7 Å². The second-order valence-electron chi connectivity index (χ2n) is 9.39. The maximum Gasteiger partial charge on any atom is 0.163 e. The molecule has 6 rings (SSSR count). The molecule has 0 bridgehead atoms. The lowest BCUT2D eigenvalue weighted by atomic mass is 9.97. The summed E-state index contributed by atoms with van der Waals surface area (Å²) in [6, 6.07) is 37.3. The first-order chi connectivity index (χ1) is 18.5. The number of fused-ring (bicyclic) bond motifs is 4. The highest BCUT2D eigenvalue weighted by Gasteiger charge is 2.17. The predicted molar refractivity (Wildman–Crippen MR) is 156 cm³/mol. The summed E-state index contributed by atoms with van der Waals surface area (Å²) in [5, 5.41) is 4.33. The van der Waals surface area contributed by atoms with Crippen molar-refractivity contribution >= 4 is 61.1 Å². The Hall–Kier alpha value is -4.83. The number of para-hydroxylation sites is 2. The number of carbonyl (C=O) groups excluding carboxylic acids is 1. The number of furan rings is 1. The second-order valence-corrected chi connectivity index (χ2v) is 9.39. The van der Waals surface area contributed by atoms with Gasteiger partial charge < -0.3 is 14.1 Å². The molecule has 1 aromatic heterocycles. The molecule has 0 N–H and O–H groups in total. The highest BCUT2D eigenvalue weighted by Crippen LogP contribution is 2.39. The fourth-order valence-corrected chi connectivity index (χ4v) is 5.16. The van der Waals surface area contributed by atoms with Gasteiger partial charge >= 0.3 is 0 Å². The number of rotatable bonds is 6.